The van der Waals surface area contributed by atoms with Gasteiger partial charge >= 0.3 is 5.97 Å². The summed E-state index contributed by atoms with van der Waals surface area (Å²) in [5.74, 6) is 0.160. The third-order valence-corrected chi connectivity index (χ3v) is 5.98. The molecule has 5 heteroatoms. The Labute approximate surface area is 148 Å². The Morgan fingerprint density at radius 3 is 2.68 bits per heavy atom. The van der Waals surface area contributed by atoms with Gasteiger partial charge in [0.1, 0.15) is 5.82 Å². The Morgan fingerprint density at radius 2 is 1.96 bits per heavy atom. The van der Waals surface area contributed by atoms with Crippen LogP contribution in [-0.2, 0) is 17.9 Å². The van der Waals surface area contributed by atoms with Crippen LogP contribution >= 0.6 is 0 Å². The Bertz CT molecular complexity index is 734. The van der Waals surface area contributed by atoms with E-state index in [0.717, 1.165) is 38.3 Å². The maximum absolute atomic E-state index is 11.8. The highest BCUT2D eigenvalue weighted by atomic mass is 16.4. The molecule has 1 saturated heterocycles. The molecule has 132 valence electrons. The van der Waals surface area contributed by atoms with Gasteiger partial charge in [-0.2, -0.15) is 0 Å². The van der Waals surface area contributed by atoms with E-state index in [9.17, 15) is 9.90 Å². The van der Waals surface area contributed by atoms with Crippen LogP contribution in [0.2, 0.25) is 0 Å². The molecule has 1 aromatic carbocycles. The van der Waals surface area contributed by atoms with Crippen molar-refractivity contribution in [1.82, 2.24) is 14.5 Å². The number of likely N-dealkylation sites (tertiary alicyclic amines) is 1. The number of nitrogens with zero attached hydrogens (tertiary/aromatic N) is 3. The predicted molar refractivity (Wildman–Crippen MR) is 95.1 cm³/mol. The van der Waals surface area contributed by atoms with Crippen molar-refractivity contribution in [2.45, 2.75) is 38.8 Å². The van der Waals surface area contributed by atoms with Gasteiger partial charge in [-0.05, 0) is 23.8 Å². The number of aromatic nitrogens is 2. The van der Waals surface area contributed by atoms with E-state index < -0.39 is 5.97 Å². The van der Waals surface area contributed by atoms with Crippen LogP contribution in [0.25, 0.3) is 0 Å². The summed E-state index contributed by atoms with van der Waals surface area (Å²) < 4.78 is 2.17. The van der Waals surface area contributed by atoms with Crippen LogP contribution in [0, 0.1) is 11.3 Å². The van der Waals surface area contributed by atoms with Crippen molar-refractivity contribution >= 4 is 5.97 Å². The molecule has 0 radical (unpaired) electrons. The van der Waals surface area contributed by atoms with E-state index in [1.165, 1.54) is 18.4 Å². The summed E-state index contributed by atoms with van der Waals surface area (Å²) in [7, 11) is 0. The average Bonchev–Trinajstić information content (AvgIpc) is 3.32. The summed E-state index contributed by atoms with van der Waals surface area (Å²) in [6.07, 6.45) is 8.30. The van der Waals surface area contributed by atoms with Crippen molar-refractivity contribution in [2.75, 3.05) is 13.1 Å². The fraction of sp³-hybridized carbons (Fsp3) is 0.500. The number of aliphatic carboxylic acids is 1. The van der Waals surface area contributed by atoms with Gasteiger partial charge in [-0.3, -0.25) is 9.69 Å². The summed E-state index contributed by atoms with van der Waals surface area (Å²) in [6, 6.07) is 10.4. The number of imidazole rings is 1. The van der Waals surface area contributed by atoms with E-state index in [1.54, 1.807) is 0 Å². The largest absolute Gasteiger partial charge is 0.481 e. The molecule has 4 rings (SSSR count). The molecule has 5 nitrogen and oxygen atoms in total. The number of carbonyl (C=O) groups is 1. The van der Waals surface area contributed by atoms with Crippen LogP contribution in [0.1, 0.15) is 37.1 Å². The molecule has 1 atom stereocenters. The van der Waals surface area contributed by atoms with Crippen molar-refractivity contribution < 1.29 is 9.90 Å². The van der Waals surface area contributed by atoms with Crippen LogP contribution in [-0.4, -0.2) is 38.6 Å². The standard InChI is InChI=1S/C20H25N3O2/c24-19(25)17-13-22(15-20(17)8-4-5-9-20)14-18-21-10-11-23(18)12-16-6-2-1-3-7-16/h1-3,6-7,10-11,17H,4-5,8-9,12-15H2,(H,24,25). The Balaban J connectivity index is 1.48. The van der Waals surface area contributed by atoms with Crippen LogP contribution in [0.3, 0.4) is 0 Å². The van der Waals surface area contributed by atoms with Crippen molar-refractivity contribution in [3.63, 3.8) is 0 Å². The number of hydrogen-bond donors (Lipinski definition) is 1. The lowest BCUT2D eigenvalue weighted by molar-refractivity contribution is -0.144. The van der Waals surface area contributed by atoms with Gasteiger partial charge in [0, 0.05) is 32.0 Å². The van der Waals surface area contributed by atoms with Gasteiger partial charge in [0.25, 0.3) is 0 Å². The molecule has 25 heavy (non-hydrogen) atoms. The van der Waals surface area contributed by atoms with Crippen LogP contribution < -0.4 is 0 Å². The van der Waals surface area contributed by atoms with Gasteiger partial charge < -0.3 is 9.67 Å². The minimum atomic E-state index is -0.628. The predicted octanol–water partition coefficient (Wildman–Crippen LogP) is 3.01. The van der Waals surface area contributed by atoms with E-state index in [1.807, 2.05) is 30.6 Å². The van der Waals surface area contributed by atoms with Crippen molar-refractivity contribution in [2.24, 2.45) is 11.3 Å². The maximum atomic E-state index is 11.8. The number of hydrogen-bond acceptors (Lipinski definition) is 3. The highest BCUT2D eigenvalue weighted by Crippen LogP contribution is 2.49. The van der Waals surface area contributed by atoms with Gasteiger partial charge in [-0.25, -0.2) is 4.98 Å². The zero-order valence-electron chi connectivity index (χ0n) is 14.5. The lowest BCUT2D eigenvalue weighted by atomic mass is 9.77. The first-order valence-electron chi connectivity index (χ1n) is 9.15. The Morgan fingerprint density at radius 1 is 1.20 bits per heavy atom. The number of carboxylic acid groups (broad SMARTS) is 1. The third-order valence-electron chi connectivity index (χ3n) is 5.98. The minimum absolute atomic E-state index is 0.0112. The molecule has 2 fully saturated rings. The number of carboxylic acids is 1. The first-order chi connectivity index (χ1) is 12.2. The summed E-state index contributed by atoms with van der Waals surface area (Å²) in [4.78, 5) is 18.6. The Kier molecular flexibility index (Phi) is 4.34. The Hall–Kier alpha value is -2.14. The first kappa shape index (κ1) is 16.3. The molecule has 1 saturated carbocycles. The monoisotopic (exact) mass is 339 g/mol. The van der Waals surface area contributed by atoms with E-state index in [2.05, 4.69) is 26.6 Å². The normalized spacial score (nSPS) is 22.6. The van der Waals surface area contributed by atoms with Gasteiger partial charge in [0.2, 0.25) is 0 Å². The second kappa shape index (κ2) is 6.64. The van der Waals surface area contributed by atoms with Crippen LogP contribution in [0.4, 0.5) is 0 Å². The molecule has 2 aliphatic rings. The van der Waals surface area contributed by atoms with Crippen molar-refractivity contribution in [3.8, 4) is 0 Å². The van der Waals surface area contributed by atoms with Crippen LogP contribution in [0.15, 0.2) is 42.7 Å². The lowest BCUT2D eigenvalue weighted by Crippen LogP contribution is -2.32. The SMILES string of the molecule is O=C(O)C1CN(Cc2nccn2Cc2ccccc2)CC12CCCC2. The van der Waals surface area contributed by atoms with E-state index in [-0.39, 0.29) is 11.3 Å². The molecule has 1 aromatic heterocycles. The van der Waals surface area contributed by atoms with Gasteiger partial charge in [-0.15, -0.1) is 0 Å². The summed E-state index contributed by atoms with van der Waals surface area (Å²) in [5, 5.41) is 9.68. The second-order valence-electron chi connectivity index (χ2n) is 7.59. The number of rotatable bonds is 5. The smallest absolute Gasteiger partial charge is 0.308 e. The molecule has 0 amide bonds. The third kappa shape index (κ3) is 3.21. The molecule has 0 bridgehead atoms. The highest BCUT2D eigenvalue weighted by molar-refractivity contribution is 5.72. The molecular weight excluding hydrogens is 314 g/mol. The first-order valence-corrected chi connectivity index (χ1v) is 9.15. The summed E-state index contributed by atoms with van der Waals surface area (Å²) >= 11 is 0. The second-order valence-corrected chi connectivity index (χ2v) is 7.59. The molecule has 2 aromatic rings. The molecule has 1 aliphatic carbocycles. The van der Waals surface area contributed by atoms with Gasteiger partial charge in [0.05, 0.1) is 12.5 Å². The summed E-state index contributed by atoms with van der Waals surface area (Å²) in [5.41, 5.74) is 1.24. The fourth-order valence-electron chi connectivity index (χ4n) is 4.73. The van der Waals surface area contributed by atoms with Crippen molar-refractivity contribution in [3.05, 3.63) is 54.1 Å². The topological polar surface area (TPSA) is 58.4 Å². The van der Waals surface area contributed by atoms with Crippen LogP contribution in [0.5, 0.6) is 0 Å². The average molecular weight is 339 g/mol. The molecule has 1 unspecified atom stereocenters. The van der Waals surface area contributed by atoms with Gasteiger partial charge in [0.15, 0.2) is 0 Å². The van der Waals surface area contributed by atoms with Gasteiger partial charge in [-0.1, -0.05) is 43.2 Å². The zero-order chi connectivity index (χ0) is 17.3. The molecule has 2 heterocycles. The fourth-order valence-corrected chi connectivity index (χ4v) is 4.73. The quantitative estimate of drug-likeness (QED) is 0.910. The lowest BCUT2D eigenvalue weighted by Gasteiger charge is -2.27. The molecule has 1 N–H and O–H groups in total. The number of benzene rings is 1. The maximum Gasteiger partial charge on any atom is 0.308 e. The molecule has 1 aliphatic heterocycles. The van der Waals surface area contributed by atoms with E-state index in [0.29, 0.717) is 6.54 Å². The minimum Gasteiger partial charge on any atom is -0.481 e. The van der Waals surface area contributed by atoms with E-state index in [4.69, 9.17) is 0 Å². The highest BCUT2D eigenvalue weighted by Gasteiger charge is 2.51. The summed E-state index contributed by atoms with van der Waals surface area (Å²) in [6.45, 7) is 3.07. The molecule has 1 spiro atoms. The van der Waals surface area contributed by atoms with E-state index >= 15 is 0 Å². The zero-order valence-corrected chi connectivity index (χ0v) is 14.5. The van der Waals surface area contributed by atoms with Crippen molar-refractivity contribution in [1.29, 1.82) is 0 Å². The molecular formula is C20H25N3O2.